The minimum absolute atomic E-state index is 0.252. The number of halogens is 1. The van der Waals surface area contributed by atoms with Gasteiger partial charge >= 0.3 is 0 Å². The number of carbonyl (C=O) groups excluding carboxylic acids is 1. The third-order valence-electron chi connectivity index (χ3n) is 5.85. The van der Waals surface area contributed by atoms with E-state index < -0.39 is 0 Å². The summed E-state index contributed by atoms with van der Waals surface area (Å²) in [5, 5.41) is 7.33. The first-order valence-corrected chi connectivity index (χ1v) is 9.44. The minimum Gasteiger partial charge on any atom is -0.353 e. The van der Waals surface area contributed by atoms with Crippen LogP contribution in [0.4, 0.5) is 0 Å². The molecule has 4 heteroatoms. The van der Waals surface area contributed by atoms with E-state index in [1.54, 1.807) is 0 Å². The zero-order chi connectivity index (χ0) is 14.7. The van der Waals surface area contributed by atoms with Crippen molar-refractivity contribution in [2.75, 3.05) is 5.88 Å². The average molecular weight is 313 g/mol. The second-order valence-corrected chi connectivity index (χ2v) is 7.54. The fraction of sp³-hybridized carbons (Fsp3) is 0.941. The van der Waals surface area contributed by atoms with E-state index in [2.05, 4.69) is 10.6 Å². The highest BCUT2D eigenvalue weighted by molar-refractivity contribution is 6.17. The second kappa shape index (κ2) is 7.32. The highest BCUT2D eigenvalue weighted by Gasteiger charge is 2.46. The van der Waals surface area contributed by atoms with Crippen LogP contribution in [0.25, 0.3) is 0 Å². The van der Waals surface area contributed by atoms with Crippen LogP contribution < -0.4 is 10.6 Å². The van der Waals surface area contributed by atoms with E-state index in [1.807, 2.05) is 0 Å². The zero-order valence-electron chi connectivity index (χ0n) is 13.0. The molecule has 0 aromatic rings. The summed E-state index contributed by atoms with van der Waals surface area (Å²) in [5.74, 6) is 2.24. The van der Waals surface area contributed by atoms with Crippen LogP contribution in [0.5, 0.6) is 0 Å². The van der Waals surface area contributed by atoms with E-state index in [9.17, 15) is 4.79 Å². The second-order valence-electron chi connectivity index (χ2n) is 7.16. The predicted octanol–water partition coefficient (Wildman–Crippen LogP) is 3.21. The van der Waals surface area contributed by atoms with Crippen molar-refractivity contribution >= 4 is 17.5 Å². The Labute approximate surface area is 133 Å². The van der Waals surface area contributed by atoms with Gasteiger partial charge in [0.05, 0.1) is 0 Å². The summed E-state index contributed by atoms with van der Waals surface area (Å²) in [6.45, 7) is 0. The van der Waals surface area contributed by atoms with Gasteiger partial charge in [-0.1, -0.05) is 19.3 Å². The van der Waals surface area contributed by atoms with Crippen molar-refractivity contribution in [3.63, 3.8) is 0 Å². The number of fused-ring (bicyclic) bond motifs is 2. The lowest BCUT2D eigenvalue weighted by atomic mass is 9.70. The Hall–Kier alpha value is -0.280. The number of rotatable bonds is 5. The van der Waals surface area contributed by atoms with Crippen molar-refractivity contribution in [3.8, 4) is 0 Å². The van der Waals surface area contributed by atoms with Gasteiger partial charge in [0, 0.05) is 30.4 Å². The Kier molecular flexibility index (Phi) is 5.44. The predicted molar refractivity (Wildman–Crippen MR) is 86.5 cm³/mol. The molecule has 120 valence electrons. The van der Waals surface area contributed by atoms with E-state index >= 15 is 0 Å². The molecular formula is C17H29ClN2O. The first-order valence-electron chi connectivity index (χ1n) is 8.91. The monoisotopic (exact) mass is 312 g/mol. The molecule has 0 spiro atoms. The molecule has 0 radical (unpaired) electrons. The Balaban J connectivity index is 1.63. The Morgan fingerprint density at radius 3 is 2.43 bits per heavy atom. The van der Waals surface area contributed by atoms with Gasteiger partial charge in [-0.25, -0.2) is 0 Å². The highest BCUT2D eigenvalue weighted by atomic mass is 35.5. The molecule has 21 heavy (non-hydrogen) atoms. The molecule has 1 heterocycles. The van der Waals surface area contributed by atoms with Crippen LogP contribution in [0, 0.1) is 11.8 Å². The summed E-state index contributed by atoms with van der Waals surface area (Å²) in [6.07, 6.45) is 11.7. The van der Waals surface area contributed by atoms with Crippen LogP contribution >= 0.6 is 11.6 Å². The number of carbonyl (C=O) groups is 1. The van der Waals surface area contributed by atoms with Crippen LogP contribution in [-0.2, 0) is 4.79 Å². The van der Waals surface area contributed by atoms with E-state index in [4.69, 9.17) is 11.6 Å². The first kappa shape index (κ1) is 15.6. The Morgan fingerprint density at radius 1 is 1.00 bits per heavy atom. The molecule has 2 N–H and O–H groups in total. The highest BCUT2D eigenvalue weighted by Crippen LogP contribution is 2.41. The molecule has 5 atom stereocenters. The summed E-state index contributed by atoms with van der Waals surface area (Å²) in [5.41, 5.74) is 0. The van der Waals surface area contributed by atoms with Crippen molar-refractivity contribution in [2.45, 2.75) is 82.3 Å². The molecular weight excluding hydrogens is 284 g/mol. The van der Waals surface area contributed by atoms with Crippen molar-refractivity contribution < 1.29 is 4.79 Å². The first-order chi connectivity index (χ1) is 10.3. The third kappa shape index (κ3) is 3.56. The van der Waals surface area contributed by atoms with Gasteiger partial charge in [0.2, 0.25) is 5.91 Å². The molecule has 1 amide bonds. The Morgan fingerprint density at radius 2 is 1.67 bits per heavy atom. The van der Waals surface area contributed by atoms with Gasteiger partial charge in [-0.05, 0) is 50.4 Å². The number of hydrogen-bond donors (Lipinski definition) is 2. The molecule has 2 aliphatic carbocycles. The van der Waals surface area contributed by atoms with Crippen LogP contribution in [0.1, 0.15) is 64.2 Å². The molecule has 0 aromatic heterocycles. The fourth-order valence-corrected chi connectivity index (χ4v) is 5.06. The number of piperidine rings is 1. The quantitative estimate of drug-likeness (QED) is 0.604. The summed E-state index contributed by atoms with van der Waals surface area (Å²) in [6, 6.07) is 1.72. The van der Waals surface area contributed by atoms with Gasteiger partial charge in [0.25, 0.3) is 0 Å². The van der Waals surface area contributed by atoms with Crippen molar-refractivity contribution in [2.24, 2.45) is 11.8 Å². The zero-order valence-corrected chi connectivity index (χ0v) is 13.7. The van der Waals surface area contributed by atoms with Gasteiger partial charge < -0.3 is 10.6 Å². The van der Waals surface area contributed by atoms with Crippen LogP contribution in [0.2, 0.25) is 0 Å². The van der Waals surface area contributed by atoms with E-state index in [0.717, 1.165) is 12.8 Å². The summed E-state index contributed by atoms with van der Waals surface area (Å²) in [4.78, 5) is 12.3. The van der Waals surface area contributed by atoms with Gasteiger partial charge in [-0.15, -0.1) is 11.6 Å². The largest absolute Gasteiger partial charge is 0.353 e. The van der Waals surface area contributed by atoms with Crippen molar-refractivity contribution in [1.82, 2.24) is 10.6 Å². The molecule has 1 saturated heterocycles. The lowest BCUT2D eigenvalue weighted by Gasteiger charge is -2.48. The van der Waals surface area contributed by atoms with Gasteiger partial charge in [0.15, 0.2) is 0 Å². The van der Waals surface area contributed by atoms with E-state index in [0.29, 0.717) is 42.3 Å². The molecule has 1 aliphatic heterocycles. The van der Waals surface area contributed by atoms with Gasteiger partial charge in [-0.3, -0.25) is 4.79 Å². The summed E-state index contributed by atoms with van der Waals surface area (Å²) >= 11 is 5.70. The fourth-order valence-electron chi connectivity index (χ4n) is 4.87. The third-order valence-corrected chi connectivity index (χ3v) is 6.12. The Bertz CT molecular complexity index is 363. The maximum Gasteiger partial charge on any atom is 0.220 e. The smallest absolute Gasteiger partial charge is 0.220 e. The van der Waals surface area contributed by atoms with Crippen LogP contribution in [-0.4, -0.2) is 29.9 Å². The van der Waals surface area contributed by atoms with Gasteiger partial charge in [0.1, 0.15) is 0 Å². The lowest BCUT2D eigenvalue weighted by molar-refractivity contribution is -0.123. The normalized spacial score (nSPS) is 38.6. The number of hydrogen-bond acceptors (Lipinski definition) is 2. The molecule has 2 saturated carbocycles. The topological polar surface area (TPSA) is 41.1 Å². The average Bonchev–Trinajstić information content (AvgIpc) is 2.95. The number of nitrogens with one attached hydrogen (secondary N) is 2. The minimum atomic E-state index is 0.252. The standard InChI is InChI=1S/C17H29ClN2O/c18-11-4-3-10-16(21)20-17-12-6-1-2-8-14(12)19-15-9-5-7-13(15)17/h12-15,17,19H,1-11H2,(H,20,21). The molecule has 0 bridgehead atoms. The lowest BCUT2D eigenvalue weighted by Crippen LogP contribution is -2.63. The van der Waals surface area contributed by atoms with Crippen molar-refractivity contribution in [1.29, 1.82) is 0 Å². The van der Waals surface area contributed by atoms with Gasteiger partial charge in [-0.2, -0.15) is 0 Å². The van der Waals surface area contributed by atoms with Crippen LogP contribution in [0.15, 0.2) is 0 Å². The maximum absolute atomic E-state index is 12.3. The number of amides is 1. The molecule has 3 aliphatic rings. The molecule has 3 rings (SSSR count). The van der Waals surface area contributed by atoms with Crippen molar-refractivity contribution in [3.05, 3.63) is 0 Å². The number of alkyl halides is 1. The van der Waals surface area contributed by atoms with E-state index in [1.165, 1.54) is 44.9 Å². The number of unbranched alkanes of at least 4 members (excludes halogenated alkanes) is 1. The summed E-state index contributed by atoms with van der Waals surface area (Å²) in [7, 11) is 0. The maximum atomic E-state index is 12.3. The molecule has 5 unspecified atom stereocenters. The van der Waals surface area contributed by atoms with Crippen LogP contribution in [0.3, 0.4) is 0 Å². The summed E-state index contributed by atoms with van der Waals surface area (Å²) < 4.78 is 0. The van der Waals surface area contributed by atoms with E-state index in [-0.39, 0.29) is 5.91 Å². The molecule has 0 aromatic carbocycles. The molecule has 3 nitrogen and oxygen atoms in total. The molecule has 3 fully saturated rings. The SMILES string of the molecule is O=C(CCCCCl)NC1C2CCCCC2NC2CCCC21.